The van der Waals surface area contributed by atoms with Crippen LogP contribution in [0.3, 0.4) is 0 Å². The van der Waals surface area contributed by atoms with Crippen molar-refractivity contribution in [1.29, 1.82) is 0 Å². The zero-order chi connectivity index (χ0) is 14.5. The molecule has 1 aromatic rings. The monoisotopic (exact) mass is 276 g/mol. The Hall–Kier alpha value is -1.88. The maximum absolute atomic E-state index is 11.8. The van der Waals surface area contributed by atoms with Crippen LogP contribution in [0.25, 0.3) is 0 Å². The molecule has 0 bridgehead atoms. The molecule has 1 aliphatic carbocycles. The number of carbonyl (C=O) groups is 2. The molecule has 1 saturated carbocycles. The van der Waals surface area contributed by atoms with Gasteiger partial charge in [-0.1, -0.05) is 30.3 Å². The van der Waals surface area contributed by atoms with Gasteiger partial charge in [0.15, 0.2) is 0 Å². The van der Waals surface area contributed by atoms with E-state index < -0.39 is 11.9 Å². The molecule has 1 amide bonds. The van der Waals surface area contributed by atoms with Crippen molar-refractivity contribution in [3.8, 4) is 0 Å². The van der Waals surface area contributed by atoms with Gasteiger partial charge in [0.05, 0.1) is 12.0 Å². The summed E-state index contributed by atoms with van der Waals surface area (Å²) in [6.45, 7) is 1.99. The average Bonchev–Trinajstić information content (AvgIpc) is 3.23. The van der Waals surface area contributed by atoms with Crippen molar-refractivity contribution in [2.24, 2.45) is 0 Å². The molecule has 2 unspecified atom stereocenters. The first-order valence-electron chi connectivity index (χ1n) is 6.89. The minimum atomic E-state index is -0.890. The van der Waals surface area contributed by atoms with E-state index in [2.05, 4.69) is 10.6 Å². The summed E-state index contributed by atoms with van der Waals surface area (Å²) in [5.41, 5.74) is 0.738. The number of hydrogen-bond acceptors (Lipinski definition) is 3. The van der Waals surface area contributed by atoms with Gasteiger partial charge in [-0.2, -0.15) is 0 Å². The molecule has 0 aromatic heterocycles. The second kappa shape index (κ2) is 6.52. The Morgan fingerprint density at radius 3 is 2.50 bits per heavy atom. The summed E-state index contributed by atoms with van der Waals surface area (Å²) in [7, 11) is 0. The van der Waals surface area contributed by atoms with Gasteiger partial charge in [0.25, 0.3) is 0 Å². The number of carbonyl (C=O) groups excluding carboxylic acids is 1. The normalized spacial score (nSPS) is 17.2. The lowest BCUT2D eigenvalue weighted by molar-refractivity contribution is -0.139. The molecule has 0 aliphatic heterocycles. The number of benzene rings is 1. The highest BCUT2D eigenvalue weighted by Gasteiger charge is 2.26. The quantitative estimate of drug-likeness (QED) is 0.697. The fourth-order valence-electron chi connectivity index (χ4n) is 1.97. The summed E-state index contributed by atoms with van der Waals surface area (Å²) >= 11 is 0. The number of hydrogen-bond donors (Lipinski definition) is 3. The van der Waals surface area contributed by atoms with E-state index in [4.69, 9.17) is 0 Å². The first-order valence-corrected chi connectivity index (χ1v) is 6.89. The maximum Gasteiger partial charge on any atom is 0.312 e. The Kier molecular flexibility index (Phi) is 4.74. The lowest BCUT2D eigenvalue weighted by Crippen LogP contribution is -2.45. The lowest BCUT2D eigenvalue weighted by Gasteiger charge is -2.18. The van der Waals surface area contributed by atoms with Crippen LogP contribution in [0.15, 0.2) is 30.3 Å². The van der Waals surface area contributed by atoms with Gasteiger partial charge in [0, 0.05) is 12.6 Å². The molecule has 0 heterocycles. The number of aliphatic carboxylic acids is 1. The molecule has 2 rings (SSSR count). The average molecular weight is 276 g/mol. The molecule has 108 valence electrons. The van der Waals surface area contributed by atoms with Crippen LogP contribution in [-0.2, 0) is 9.59 Å². The zero-order valence-corrected chi connectivity index (χ0v) is 11.5. The largest absolute Gasteiger partial charge is 0.481 e. The third-order valence-electron chi connectivity index (χ3n) is 3.45. The molecule has 1 fully saturated rings. The Balaban J connectivity index is 1.88. The molecule has 2 atom stereocenters. The minimum absolute atomic E-state index is 0.0651. The smallest absolute Gasteiger partial charge is 0.312 e. The van der Waals surface area contributed by atoms with Crippen LogP contribution < -0.4 is 10.6 Å². The van der Waals surface area contributed by atoms with E-state index in [0.717, 1.165) is 18.4 Å². The topological polar surface area (TPSA) is 78.4 Å². The van der Waals surface area contributed by atoms with Crippen LogP contribution >= 0.6 is 0 Å². The molecule has 0 saturated heterocycles. The zero-order valence-electron chi connectivity index (χ0n) is 11.5. The van der Waals surface area contributed by atoms with Gasteiger partial charge in [-0.25, -0.2) is 0 Å². The summed E-state index contributed by atoms with van der Waals surface area (Å²) < 4.78 is 0. The molecular weight excluding hydrogens is 256 g/mol. The van der Waals surface area contributed by atoms with Crippen LogP contribution in [0.2, 0.25) is 0 Å². The summed E-state index contributed by atoms with van der Waals surface area (Å²) in [6.07, 6.45) is 2.08. The summed E-state index contributed by atoms with van der Waals surface area (Å²) in [5, 5.41) is 15.2. The highest BCUT2D eigenvalue weighted by atomic mass is 16.4. The Bertz CT molecular complexity index is 471. The second-order valence-corrected chi connectivity index (χ2v) is 5.21. The molecule has 5 heteroatoms. The van der Waals surface area contributed by atoms with Gasteiger partial charge in [-0.15, -0.1) is 0 Å². The van der Waals surface area contributed by atoms with E-state index in [1.54, 1.807) is 19.1 Å². The first kappa shape index (κ1) is 14.5. The Morgan fingerprint density at radius 2 is 1.95 bits per heavy atom. The fraction of sp³-hybridized carbons (Fsp3) is 0.467. The number of carboxylic acids is 1. The molecule has 5 nitrogen and oxygen atoms in total. The van der Waals surface area contributed by atoms with E-state index in [9.17, 15) is 14.7 Å². The van der Waals surface area contributed by atoms with E-state index in [1.807, 2.05) is 18.2 Å². The van der Waals surface area contributed by atoms with Gasteiger partial charge in [-0.3, -0.25) is 9.59 Å². The van der Waals surface area contributed by atoms with Crippen molar-refractivity contribution >= 4 is 11.9 Å². The number of amides is 1. The second-order valence-electron chi connectivity index (χ2n) is 5.21. The van der Waals surface area contributed by atoms with Crippen molar-refractivity contribution in [3.63, 3.8) is 0 Å². The standard InChI is InChI=1S/C15H20N2O3/c1-10(14(18)17-12-7-8-12)16-9-13(15(19)20)11-5-3-2-4-6-11/h2-6,10,12-13,16H,7-9H2,1H3,(H,17,18)(H,19,20). The van der Waals surface area contributed by atoms with Crippen molar-refractivity contribution < 1.29 is 14.7 Å². The van der Waals surface area contributed by atoms with Gasteiger partial charge in [0.2, 0.25) is 5.91 Å². The van der Waals surface area contributed by atoms with Crippen molar-refractivity contribution in [1.82, 2.24) is 10.6 Å². The van der Waals surface area contributed by atoms with Crippen LogP contribution in [0, 0.1) is 0 Å². The van der Waals surface area contributed by atoms with Crippen LogP contribution in [0.4, 0.5) is 0 Å². The van der Waals surface area contributed by atoms with Crippen molar-refractivity contribution in [3.05, 3.63) is 35.9 Å². The Morgan fingerprint density at radius 1 is 1.30 bits per heavy atom. The van der Waals surface area contributed by atoms with Crippen molar-refractivity contribution in [2.45, 2.75) is 37.8 Å². The summed E-state index contributed by atoms with van der Waals surface area (Å²) in [4.78, 5) is 23.1. The van der Waals surface area contributed by atoms with E-state index >= 15 is 0 Å². The summed E-state index contributed by atoms with van der Waals surface area (Å²) in [5.74, 6) is -1.60. The van der Waals surface area contributed by atoms with Gasteiger partial charge in [0.1, 0.15) is 0 Å². The summed E-state index contributed by atoms with van der Waals surface area (Å²) in [6, 6.07) is 8.98. The molecule has 3 N–H and O–H groups in total. The van der Waals surface area contributed by atoms with Crippen LogP contribution in [0.1, 0.15) is 31.2 Å². The first-order chi connectivity index (χ1) is 9.58. The molecule has 0 spiro atoms. The number of carboxylic acid groups (broad SMARTS) is 1. The predicted molar refractivity (Wildman–Crippen MR) is 75.4 cm³/mol. The number of nitrogens with one attached hydrogen (secondary N) is 2. The van der Waals surface area contributed by atoms with Crippen molar-refractivity contribution in [2.75, 3.05) is 6.54 Å². The highest BCUT2D eigenvalue weighted by molar-refractivity contribution is 5.82. The minimum Gasteiger partial charge on any atom is -0.481 e. The van der Waals surface area contributed by atoms with E-state index in [1.165, 1.54) is 0 Å². The SMILES string of the molecule is CC(NCC(C(=O)O)c1ccccc1)C(=O)NC1CC1. The number of rotatable bonds is 7. The van der Waals surface area contributed by atoms with Gasteiger partial charge < -0.3 is 15.7 Å². The predicted octanol–water partition coefficient (Wildman–Crippen LogP) is 1.11. The fourth-order valence-corrected chi connectivity index (χ4v) is 1.97. The van der Waals surface area contributed by atoms with Crippen LogP contribution in [-0.4, -0.2) is 35.6 Å². The third-order valence-corrected chi connectivity index (χ3v) is 3.45. The molecule has 1 aliphatic rings. The van der Waals surface area contributed by atoms with Crippen LogP contribution in [0.5, 0.6) is 0 Å². The van der Waals surface area contributed by atoms with E-state index in [-0.39, 0.29) is 18.5 Å². The maximum atomic E-state index is 11.8. The Labute approximate surface area is 118 Å². The molecule has 1 aromatic carbocycles. The third kappa shape index (κ3) is 4.06. The molecular formula is C15H20N2O3. The van der Waals surface area contributed by atoms with E-state index in [0.29, 0.717) is 6.04 Å². The van der Waals surface area contributed by atoms with Gasteiger partial charge >= 0.3 is 5.97 Å². The van der Waals surface area contributed by atoms with Gasteiger partial charge in [-0.05, 0) is 25.3 Å². The highest BCUT2D eigenvalue weighted by Crippen LogP contribution is 2.19. The lowest BCUT2D eigenvalue weighted by atomic mass is 9.99. The molecule has 20 heavy (non-hydrogen) atoms. The molecule has 0 radical (unpaired) electrons.